The van der Waals surface area contributed by atoms with Crippen molar-refractivity contribution in [1.82, 2.24) is 5.48 Å². The van der Waals surface area contributed by atoms with Gasteiger partial charge in [-0.25, -0.2) is 5.48 Å². The summed E-state index contributed by atoms with van der Waals surface area (Å²) in [4.78, 5) is 16.0. The van der Waals surface area contributed by atoms with Crippen LogP contribution in [0.3, 0.4) is 0 Å². The van der Waals surface area contributed by atoms with Crippen LogP contribution in [0.4, 0.5) is 13.2 Å². The molecule has 0 aromatic heterocycles. The van der Waals surface area contributed by atoms with Gasteiger partial charge in [0.15, 0.2) is 0 Å². The van der Waals surface area contributed by atoms with Gasteiger partial charge < -0.3 is 0 Å². The molecule has 0 aliphatic carbocycles. The van der Waals surface area contributed by atoms with Crippen LogP contribution in [0, 0.1) is 0 Å². The van der Waals surface area contributed by atoms with Crippen LogP contribution in [0.25, 0.3) is 0 Å². The van der Waals surface area contributed by atoms with E-state index in [2.05, 4.69) is 10.3 Å². The lowest BCUT2D eigenvalue weighted by Crippen LogP contribution is -2.23. The fourth-order valence-electron chi connectivity index (χ4n) is 1.00. The number of benzene rings is 1. The molecule has 0 saturated carbocycles. The lowest BCUT2D eigenvalue weighted by Gasteiger charge is -2.06. The van der Waals surface area contributed by atoms with E-state index in [-0.39, 0.29) is 22.2 Å². The molecular formula is C10H10F3NO2S. The van der Waals surface area contributed by atoms with Gasteiger partial charge in [-0.3, -0.25) is 9.63 Å². The van der Waals surface area contributed by atoms with Gasteiger partial charge in [0.25, 0.3) is 5.91 Å². The van der Waals surface area contributed by atoms with Gasteiger partial charge in [0, 0.05) is 10.5 Å². The number of amides is 1. The fourth-order valence-corrected chi connectivity index (χ4v) is 1.54. The topological polar surface area (TPSA) is 38.3 Å². The van der Waals surface area contributed by atoms with Crippen molar-refractivity contribution in [2.45, 2.75) is 17.3 Å². The van der Waals surface area contributed by atoms with Crippen LogP contribution in [-0.4, -0.2) is 18.0 Å². The van der Waals surface area contributed by atoms with Gasteiger partial charge in [0.05, 0.1) is 6.61 Å². The average molecular weight is 265 g/mol. The molecule has 1 aromatic carbocycles. The van der Waals surface area contributed by atoms with Crippen LogP contribution < -0.4 is 5.48 Å². The van der Waals surface area contributed by atoms with Gasteiger partial charge in [-0.2, -0.15) is 13.2 Å². The first-order valence-electron chi connectivity index (χ1n) is 4.70. The Balaban J connectivity index is 2.64. The van der Waals surface area contributed by atoms with Gasteiger partial charge in [-0.05, 0) is 43.0 Å². The number of hydroxylamine groups is 1. The highest BCUT2D eigenvalue weighted by Gasteiger charge is 2.29. The van der Waals surface area contributed by atoms with E-state index in [0.717, 1.165) is 0 Å². The third-order valence-electron chi connectivity index (χ3n) is 1.66. The van der Waals surface area contributed by atoms with E-state index in [1.54, 1.807) is 6.92 Å². The zero-order chi connectivity index (χ0) is 12.9. The first-order valence-corrected chi connectivity index (χ1v) is 5.52. The molecule has 0 aliphatic heterocycles. The summed E-state index contributed by atoms with van der Waals surface area (Å²) in [5.74, 6) is -0.490. The van der Waals surface area contributed by atoms with Gasteiger partial charge in [0.2, 0.25) is 0 Å². The van der Waals surface area contributed by atoms with Gasteiger partial charge in [-0.15, -0.1) is 0 Å². The summed E-state index contributed by atoms with van der Waals surface area (Å²) < 4.78 is 36.1. The van der Waals surface area contributed by atoms with Gasteiger partial charge in [0.1, 0.15) is 0 Å². The summed E-state index contributed by atoms with van der Waals surface area (Å²) in [6.07, 6.45) is 0. The number of thioether (sulfide) groups is 1. The highest BCUT2D eigenvalue weighted by molar-refractivity contribution is 8.00. The molecule has 1 amide bonds. The molecule has 0 spiro atoms. The molecule has 1 rings (SSSR count). The largest absolute Gasteiger partial charge is 0.446 e. The van der Waals surface area contributed by atoms with Crippen LogP contribution in [0.15, 0.2) is 29.2 Å². The first-order chi connectivity index (χ1) is 7.92. The molecule has 3 nitrogen and oxygen atoms in total. The smallest absolute Gasteiger partial charge is 0.274 e. The van der Waals surface area contributed by atoms with Crippen molar-refractivity contribution in [3.8, 4) is 0 Å². The number of carbonyl (C=O) groups is 1. The lowest BCUT2D eigenvalue weighted by molar-refractivity contribution is -0.0328. The average Bonchev–Trinajstić information content (AvgIpc) is 2.24. The second-order valence-electron chi connectivity index (χ2n) is 2.94. The summed E-state index contributed by atoms with van der Waals surface area (Å²) in [6, 6.07) is 5.09. The van der Waals surface area contributed by atoms with Crippen LogP contribution in [0.1, 0.15) is 17.3 Å². The van der Waals surface area contributed by atoms with Crippen molar-refractivity contribution >= 4 is 17.7 Å². The monoisotopic (exact) mass is 265 g/mol. The Labute approximate surface area is 100 Å². The summed E-state index contributed by atoms with van der Waals surface area (Å²) in [5.41, 5.74) is -1.94. The van der Waals surface area contributed by atoms with E-state index >= 15 is 0 Å². The van der Waals surface area contributed by atoms with E-state index < -0.39 is 11.4 Å². The van der Waals surface area contributed by atoms with Crippen molar-refractivity contribution in [2.24, 2.45) is 0 Å². The molecule has 0 fully saturated rings. The minimum Gasteiger partial charge on any atom is -0.274 e. The maximum Gasteiger partial charge on any atom is 0.446 e. The van der Waals surface area contributed by atoms with Gasteiger partial charge in [-0.1, -0.05) is 0 Å². The van der Waals surface area contributed by atoms with Crippen LogP contribution >= 0.6 is 11.8 Å². The maximum absolute atomic E-state index is 12.0. The molecule has 17 heavy (non-hydrogen) atoms. The van der Waals surface area contributed by atoms with Gasteiger partial charge >= 0.3 is 5.51 Å². The molecule has 1 aromatic rings. The molecule has 94 valence electrons. The summed E-state index contributed by atoms with van der Waals surface area (Å²) >= 11 is -0.224. The summed E-state index contributed by atoms with van der Waals surface area (Å²) in [6.45, 7) is 2.01. The van der Waals surface area contributed by atoms with E-state index in [0.29, 0.717) is 6.61 Å². The lowest BCUT2D eigenvalue weighted by atomic mass is 10.2. The zero-order valence-corrected chi connectivity index (χ0v) is 9.69. The second-order valence-corrected chi connectivity index (χ2v) is 4.07. The molecule has 7 heteroatoms. The molecule has 0 radical (unpaired) electrons. The minimum atomic E-state index is -4.32. The Hall–Kier alpha value is -1.21. The Bertz CT molecular complexity index is 378. The highest BCUT2D eigenvalue weighted by Crippen LogP contribution is 2.36. The van der Waals surface area contributed by atoms with E-state index in [4.69, 9.17) is 0 Å². The molecular weight excluding hydrogens is 255 g/mol. The first kappa shape index (κ1) is 13.9. The number of nitrogens with one attached hydrogen (secondary N) is 1. The van der Waals surface area contributed by atoms with Crippen LogP contribution in [0.5, 0.6) is 0 Å². The van der Waals surface area contributed by atoms with Crippen molar-refractivity contribution in [1.29, 1.82) is 0 Å². The number of hydrogen-bond donors (Lipinski definition) is 1. The Morgan fingerprint density at radius 2 is 1.94 bits per heavy atom. The third kappa shape index (κ3) is 5.10. The number of hydrogen-bond acceptors (Lipinski definition) is 3. The van der Waals surface area contributed by atoms with Crippen LogP contribution in [-0.2, 0) is 4.84 Å². The Kier molecular flexibility index (Phi) is 4.83. The number of alkyl halides is 3. The van der Waals surface area contributed by atoms with E-state index in [1.807, 2.05) is 0 Å². The quantitative estimate of drug-likeness (QED) is 0.672. The van der Waals surface area contributed by atoms with Crippen LogP contribution in [0.2, 0.25) is 0 Å². The molecule has 0 saturated heterocycles. The van der Waals surface area contributed by atoms with Crippen molar-refractivity contribution in [2.75, 3.05) is 6.61 Å². The molecule has 1 N–H and O–H groups in total. The number of carbonyl (C=O) groups excluding carboxylic acids is 1. The predicted octanol–water partition coefficient (Wildman–Crippen LogP) is 2.98. The Morgan fingerprint density at radius 3 is 2.41 bits per heavy atom. The molecule has 0 bridgehead atoms. The Morgan fingerprint density at radius 1 is 1.35 bits per heavy atom. The second kappa shape index (κ2) is 5.92. The summed E-state index contributed by atoms with van der Waals surface area (Å²) in [5, 5.41) is 0. The molecule has 0 unspecified atom stereocenters. The molecule has 0 heterocycles. The number of halogens is 3. The highest BCUT2D eigenvalue weighted by atomic mass is 32.2. The molecule has 0 aliphatic rings. The predicted molar refractivity (Wildman–Crippen MR) is 57.4 cm³/mol. The van der Waals surface area contributed by atoms with E-state index in [9.17, 15) is 18.0 Å². The van der Waals surface area contributed by atoms with Crippen molar-refractivity contribution < 1.29 is 22.8 Å². The SMILES string of the molecule is CCONC(=O)c1ccc(SC(F)(F)F)cc1. The zero-order valence-electron chi connectivity index (χ0n) is 8.88. The maximum atomic E-state index is 12.0. The van der Waals surface area contributed by atoms with Crippen molar-refractivity contribution in [3.05, 3.63) is 29.8 Å². The minimum absolute atomic E-state index is 0.0328. The summed E-state index contributed by atoms with van der Waals surface area (Å²) in [7, 11) is 0. The van der Waals surface area contributed by atoms with E-state index in [1.165, 1.54) is 24.3 Å². The van der Waals surface area contributed by atoms with Crippen molar-refractivity contribution in [3.63, 3.8) is 0 Å². The standard InChI is InChI=1S/C10H10F3NO2S/c1-2-16-14-9(15)7-3-5-8(6-4-7)17-10(11,12)13/h3-6H,2H2,1H3,(H,14,15). The normalized spacial score (nSPS) is 11.3. The third-order valence-corrected chi connectivity index (χ3v) is 2.40. The molecule has 0 atom stereocenters. The fraction of sp³-hybridized carbons (Fsp3) is 0.300. The number of rotatable bonds is 4.